The quantitative estimate of drug-likeness (QED) is 0.931. The molecule has 1 aliphatic heterocycles. The second-order valence-corrected chi connectivity index (χ2v) is 5.87. The highest BCUT2D eigenvalue weighted by atomic mass is 32.1. The van der Waals surface area contributed by atoms with E-state index in [1.165, 1.54) is 11.1 Å². The van der Waals surface area contributed by atoms with Crippen LogP contribution >= 0.6 is 11.3 Å². The van der Waals surface area contributed by atoms with Gasteiger partial charge in [0.25, 0.3) is 0 Å². The minimum Gasteiger partial charge on any atom is -0.375 e. The van der Waals surface area contributed by atoms with Gasteiger partial charge in [-0.15, -0.1) is 11.3 Å². The number of aromatic nitrogens is 1. The summed E-state index contributed by atoms with van der Waals surface area (Å²) in [6.45, 7) is 5.64. The molecule has 0 saturated heterocycles. The average Bonchev–Trinajstić information content (AvgIpc) is 2.86. The summed E-state index contributed by atoms with van der Waals surface area (Å²) in [5, 5.41) is 6.86. The van der Waals surface area contributed by atoms with Crippen molar-refractivity contribution in [3.05, 3.63) is 51.5 Å². The number of rotatable bonds is 3. The van der Waals surface area contributed by atoms with Crippen molar-refractivity contribution in [2.45, 2.75) is 32.5 Å². The smallest absolute Gasteiger partial charge is 0.110 e. The maximum atomic E-state index is 5.67. The zero-order valence-corrected chi connectivity index (χ0v) is 12.0. The van der Waals surface area contributed by atoms with Crippen LogP contribution in [0.25, 0.3) is 0 Å². The van der Waals surface area contributed by atoms with Gasteiger partial charge in [-0.3, -0.25) is 5.32 Å². The van der Waals surface area contributed by atoms with Gasteiger partial charge in [0.2, 0.25) is 0 Å². The monoisotopic (exact) mass is 274 g/mol. The minimum absolute atomic E-state index is 0.249. The van der Waals surface area contributed by atoms with Crippen LogP contribution in [0.4, 0.5) is 0 Å². The van der Waals surface area contributed by atoms with Crippen molar-refractivity contribution in [3.63, 3.8) is 0 Å². The third-order valence-corrected chi connectivity index (χ3v) is 4.58. The molecular formula is C15H18N2OS. The van der Waals surface area contributed by atoms with Gasteiger partial charge in [-0.1, -0.05) is 24.3 Å². The van der Waals surface area contributed by atoms with Crippen molar-refractivity contribution >= 4 is 11.3 Å². The first kappa shape index (κ1) is 12.8. The standard InChI is InChI=1S/C15H18N2OS/c1-10-9-19-15(16-10)11(2)17-14-8-18-7-12-5-3-4-6-13(12)14/h3-6,9,11,14,17H,7-8H2,1-2H3. The van der Waals surface area contributed by atoms with E-state index < -0.39 is 0 Å². The number of ether oxygens (including phenoxy) is 1. The zero-order valence-electron chi connectivity index (χ0n) is 11.2. The van der Waals surface area contributed by atoms with E-state index in [0.717, 1.165) is 23.9 Å². The van der Waals surface area contributed by atoms with E-state index in [1.807, 2.05) is 6.92 Å². The molecule has 3 rings (SSSR count). The lowest BCUT2D eigenvalue weighted by molar-refractivity contribution is 0.0791. The number of benzene rings is 1. The van der Waals surface area contributed by atoms with Gasteiger partial charge >= 0.3 is 0 Å². The fourth-order valence-electron chi connectivity index (χ4n) is 2.46. The number of hydrogen-bond acceptors (Lipinski definition) is 4. The van der Waals surface area contributed by atoms with Crippen molar-refractivity contribution in [1.82, 2.24) is 10.3 Å². The lowest BCUT2D eigenvalue weighted by Gasteiger charge is -2.28. The number of fused-ring (bicyclic) bond motifs is 1. The van der Waals surface area contributed by atoms with Crippen LogP contribution in [0.2, 0.25) is 0 Å². The van der Waals surface area contributed by atoms with E-state index in [1.54, 1.807) is 11.3 Å². The summed E-state index contributed by atoms with van der Waals surface area (Å²) in [5.74, 6) is 0. The molecule has 0 aliphatic carbocycles. The van der Waals surface area contributed by atoms with Gasteiger partial charge < -0.3 is 4.74 Å². The van der Waals surface area contributed by atoms with Crippen molar-refractivity contribution in [2.75, 3.05) is 6.61 Å². The van der Waals surface area contributed by atoms with E-state index >= 15 is 0 Å². The molecule has 2 heterocycles. The van der Waals surface area contributed by atoms with Crippen LogP contribution in [-0.4, -0.2) is 11.6 Å². The Balaban J connectivity index is 1.77. The zero-order chi connectivity index (χ0) is 13.2. The first-order valence-electron chi connectivity index (χ1n) is 6.57. The van der Waals surface area contributed by atoms with Gasteiger partial charge in [-0.25, -0.2) is 4.98 Å². The summed E-state index contributed by atoms with van der Waals surface area (Å²) in [5.41, 5.74) is 3.73. The predicted octanol–water partition coefficient (Wildman–Crippen LogP) is 3.37. The Labute approximate surface area is 117 Å². The Hall–Kier alpha value is -1.23. The maximum absolute atomic E-state index is 5.67. The van der Waals surface area contributed by atoms with Gasteiger partial charge in [0.15, 0.2) is 0 Å². The molecule has 0 radical (unpaired) electrons. The Bertz CT molecular complexity index is 567. The summed E-state index contributed by atoms with van der Waals surface area (Å²) in [6.07, 6.45) is 0. The predicted molar refractivity (Wildman–Crippen MR) is 77.2 cm³/mol. The van der Waals surface area contributed by atoms with Crippen LogP contribution in [0, 0.1) is 6.92 Å². The molecule has 1 aromatic carbocycles. The van der Waals surface area contributed by atoms with Crippen LogP contribution < -0.4 is 5.32 Å². The first-order valence-corrected chi connectivity index (χ1v) is 7.45. The highest BCUT2D eigenvalue weighted by Gasteiger charge is 2.22. The molecule has 2 aromatic rings. The Morgan fingerprint density at radius 2 is 2.26 bits per heavy atom. The Kier molecular flexibility index (Phi) is 3.64. The fourth-order valence-corrected chi connectivity index (χ4v) is 3.28. The second kappa shape index (κ2) is 5.41. The summed E-state index contributed by atoms with van der Waals surface area (Å²) in [6, 6.07) is 8.99. The SMILES string of the molecule is Cc1csc(C(C)NC2COCc3ccccc32)n1. The summed E-state index contributed by atoms with van der Waals surface area (Å²) < 4.78 is 5.67. The number of nitrogens with zero attached hydrogens (tertiary/aromatic N) is 1. The summed E-state index contributed by atoms with van der Waals surface area (Å²) in [4.78, 5) is 4.55. The van der Waals surface area contributed by atoms with Gasteiger partial charge in [0.1, 0.15) is 5.01 Å². The molecule has 100 valence electrons. The normalized spacial score (nSPS) is 20.0. The van der Waals surface area contributed by atoms with Crippen molar-refractivity contribution in [3.8, 4) is 0 Å². The molecule has 0 spiro atoms. The molecule has 2 unspecified atom stereocenters. The van der Waals surface area contributed by atoms with Crippen LogP contribution in [0.15, 0.2) is 29.6 Å². The number of aryl methyl sites for hydroxylation is 1. The molecule has 0 saturated carbocycles. The summed E-state index contributed by atoms with van der Waals surface area (Å²) >= 11 is 1.71. The first-order chi connectivity index (χ1) is 9.24. The van der Waals surface area contributed by atoms with E-state index in [4.69, 9.17) is 4.74 Å². The lowest BCUT2D eigenvalue weighted by atomic mass is 9.98. The van der Waals surface area contributed by atoms with Crippen LogP contribution in [-0.2, 0) is 11.3 Å². The highest BCUT2D eigenvalue weighted by molar-refractivity contribution is 7.09. The lowest BCUT2D eigenvalue weighted by Crippen LogP contribution is -2.31. The highest BCUT2D eigenvalue weighted by Crippen LogP contribution is 2.27. The third-order valence-electron chi connectivity index (χ3n) is 3.43. The molecule has 2 atom stereocenters. The average molecular weight is 274 g/mol. The molecule has 19 heavy (non-hydrogen) atoms. The van der Waals surface area contributed by atoms with Gasteiger partial charge in [0, 0.05) is 11.1 Å². The molecule has 4 heteroatoms. The van der Waals surface area contributed by atoms with Gasteiger partial charge in [-0.2, -0.15) is 0 Å². The van der Waals surface area contributed by atoms with E-state index in [2.05, 4.69) is 46.9 Å². The Morgan fingerprint density at radius 3 is 3.05 bits per heavy atom. The molecular weight excluding hydrogens is 256 g/mol. The van der Waals surface area contributed by atoms with Crippen molar-refractivity contribution < 1.29 is 4.74 Å². The fraction of sp³-hybridized carbons (Fsp3) is 0.400. The maximum Gasteiger partial charge on any atom is 0.110 e. The van der Waals surface area contributed by atoms with Crippen LogP contribution in [0.5, 0.6) is 0 Å². The molecule has 0 bridgehead atoms. The van der Waals surface area contributed by atoms with Gasteiger partial charge in [-0.05, 0) is 25.0 Å². The van der Waals surface area contributed by atoms with Crippen molar-refractivity contribution in [2.24, 2.45) is 0 Å². The number of hydrogen-bond donors (Lipinski definition) is 1. The molecule has 1 N–H and O–H groups in total. The molecule has 1 aromatic heterocycles. The second-order valence-electron chi connectivity index (χ2n) is 4.98. The van der Waals surface area contributed by atoms with Crippen LogP contribution in [0.1, 0.15) is 40.8 Å². The van der Waals surface area contributed by atoms with E-state index in [9.17, 15) is 0 Å². The molecule has 1 aliphatic rings. The summed E-state index contributed by atoms with van der Waals surface area (Å²) in [7, 11) is 0. The molecule has 0 amide bonds. The Morgan fingerprint density at radius 1 is 1.42 bits per heavy atom. The minimum atomic E-state index is 0.249. The largest absolute Gasteiger partial charge is 0.375 e. The third kappa shape index (κ3) is 2.71. The van der Waals surface area contributed by atoms with E-state index in [-0.39, 0.29) is 12.1 Å². The van der Waals surface area contributed by atoms with Crippen molar-refractivity contribution in [1.29, 1.82) is 0 Å². The topological polar surface area (TPSA) is 34.1 Å². The van der Waals surface area contributed by atoms with Gasteiger partial charge in [0.05, 0.1) is 25.3 Å². The van der Waals surface area contributed by atoms with Crippen LogP contribution in [0.3, 0.4) is 0 Å². The van der Waals surface area contributed by atoms with E-state index in [0.29, 0.717) is 0 Å². The number of thiazole rings is 1. The number of nitrogens with one attached hydrogen (secondary N) is 1. The molecule has 0 fully saturated rings. The molecule has 3 nitrogen and oxygen atoms in total.